The summed E-state index contributed by atoms with van der Waals surface area (Å²) in [7, 11) is 0. The van der Waals surface area contributed by atoms with Crippen molar-refractivity contribution in [3.05, 3.63) is 12.2 Å². The van der Waals surface area contributed by atoms with Gasteiger partial charge in [0.15, 0.2) is 6.10 Å². The molecule has 1 unspecified atom stereocenters. The predicted molar refractivity (Wildman–Crippen MR) is 293 cm³/mol. The fraction of sp³-hybridized carbons (Fsp3) is 0.919. The molecule has 0 aliphatic heterocycles. The zero-order chi connectivity index (χ0) is 49.3. The van der Waals surface area contributed by atoms with Crippen molar-refractivity contribution >= 4 is 17.9 Å². The number of rotatable bonds is 57. The number of ether oxygens (including phenoxy) is 3. The third kappa shape index (κ3) is 55.1. The van der Waals surface area contributed by atoms with Crippen molar-refractivity contribution in [1.82, 2.24) is 0 Å². The molecule has 0 aromatic carbocycles. The summed E-state index contributed by atoms with van der Waals surface area (Å²) in [5, 5.41) is 0. The lowest BCUT2D eigenvalue weighted by Crippen LogP contribution is -2.30. The summed E-state index contributed by atoms with van der Waals surface area (Å²) >= 11 is 0. The van der Waals surface area contributed by atoms with Crippen LogP contribution >= 0.6 is 0 Å². The Hall–Kier alpha value is -1.85. The number of hydrogen-bond acceptors (Lipinski definition) is 6. The molecule has 0 heterocycles. The highest BCUT2D eigenvalue weighted by Crippen LogP contribution is 2.18. The van der Waals surface area contributed by atoms with Gasteiger partial charge < -0.3 is 14.2 Å². The van der Waals surface area contributed by atoms with Crippen LogP contribution in [0.2, 0.25) is 0 Å². The van der Waals surface area contributed by atoms with Crippen LogP contribution in [0.4, 0.5) is 0 Å². The molecule has 0 aliphatic rings. The molecule has 6 nitrogen and oxygen atoms in total. The van der Waals surface area contributed by atoms with Gasteiger partial charge in [0, 0.05) is 19.3 Å². The summed E-state index contributed by atoms with van der Waals surface area (Å²) in [5.74, 6) is -0.841. The van der Waals surface area contributed by atoms with Crippen molar-refractivity contribution in [3.8, 4) is 0 Å². The van der Waals surface area contributed by atoms with Crippen molar-refractivity contribution in [1.29, 1.82) is 0 Å². The van der Waals surface area contributed by atoms with Crippen molar-refractivity contribution in [2.45, 2.75) is 354 Å². The Morgan fingerprint density at radius 1 is 0.279 bits per heavy atom. The van der Waals surface area contributed by atoms with Crippen LogP contribution in [-0.2, 0) is 28.6 Å². The van der Waals surface area contributed by atoms with Crippen LogP contribution < -0.4 is 0 Å². The second kappa shape index (κ2) is 57.7. The Labute approximate surface area is 424 Å². The average molecular weight is 960 g/mol. The Kier molecular flexibility index (Phi) is 56.2. The summed E-state index contributed by atoms with van der Waals surface area (Å²) in [6, 6.07) is 0. The fourth-order valence-corrected chi connectivity index (χ4v) is 9.38. The van der Waals surface area contributed by atoms with Crippen LogP contribution in [0.25, 0.3) is 0 Å². The first-order valence-corrected chi connectivity index (χ1v) is 30.7. The maximum absolute atomic E-state index is 12.9. The molecule has 0 saturated carbocycles. The number of esters is 3. The highest BCUT2D eigenvalue weighted by Gasteiger charge is 2.19. The summed E-state index contributed by atoms with van der Waals surface area (Å²) in [4.78, 5) is 38.2. The van der Waals surface area contributed by atoms with Gasteiger partial charge in [-0.2, -0.15) is 0 Å². The SMILES string of the molecule is CCCCCCCCCC/C=C\CCCCCCCCCC(=O)OCC(COC(=O)CCCCCCCCCCCCCCCCC)OC(=O)CCCCCCCCCCCCCCCCCC. The molecule has 0 bridgehead atoms. The normalized spacial score (nSPS) is 12.0. The lowest BCUT2D eigenvalue weighted by Gasteiger charge is -2.18. The molecule has 0 N–H and O–H groups in total. The summed E-state index contributed by atoms with van der Waals surface area (Å²) in [5.41, 5.74) is 0. The molecular weight excluding hydrogens is 841 g/mol. The van der Waals surface area contributed by atoms with Crippen molar-refractivity contribution < 1.29 is 28.6 Å². The van der Waals surface area contributed by atoms with Gasteiger partial charge in [-0.15, -0.1) is 0 Å². The first-order valence-electron chi connectivity index (χ1n) is 30.7. The Morgan fingerprint density at radius 3 is 0.735 bits per heavy atom. The molecule has 0 fully saturated rings. The van der Waals surface area contributed by atoms with Gasteiger partial charge in [-0.3, -0.25) is 14.4 Å². The van der Waals surface area contributed by atoms with Gasteiger partial charge in [0.25, 0.3) is 0 Å². The Bertz CT molecular complexity index is 1060. The van der Waals surface area contributed by atoms with Crippen LogP contribution in [0.1, 0.15) is 348 Å². The molecule has 68 heavy (non-hydrogen) atoms. The minimum atomic E-state index is -0.766. The quantitative estimate of drug-likeness (QED) is 0.0262. The van der Waals surface area contributed by atoms with Gasteiger partial charge in [0.05, 0.1) is 0 Å². The number of hydrogen-bond donors (Lipinski definition) is 0. The largest absolute Gasteiger partial charge is 0.462 e. The van der Waals surface area contributed by atoms with Crippen LogP contribution in [0.5, 0.6) is 0 Å². The Morgan fingerprint density at radius 2 is 0.485 bits per heavy atom. The van der Waals surface area contributed by atoms with Gasteiger partial charge in [-0.05, 0) is 44.9 Å². The molecule has 402 valence electrons. The number of allylic oxidation sites excluding steroid dienone is 2. The van der Waals surface area contributed by atoms with Crippen LogP contribution in [0.3, 0.4) is 0 Å². The van der Waals surface area contributed by atoms with E-state index in [1.54, 1.807) is 0 Å². The van der Waals surface area contributed by atoms with Gasteiger partial charge in [-0.25, -0.2) is 0 Å². The molecule has 0 aliphatic carbocycles. The minimum Gasteiger partial charge on any atom is -0.462 e. The number of carbonyl (C=O) groups is 3. The van der Waals surface area contributed by atoms with E-state index in [0.29, 0.717) is 19.3 Å². The van der Waals surface area contributed by atoms with E-state index in [4.69, 9.17) is 14.2 Å². The minimum absolute atomic E-state index is 0.0649. The summed E-state index contributed by atoms with van der Waals surface area (Å²) in [6.45, 7) is 6.71. The third-order valence-electron chi connectivity index (χ3n) is 14.0. The molecule has 6 heteroatoms. The second-order valence-corrected chi connectivity index (χ2v) is 21.0. The van der Waals surface area contributed by atoms with E-state index in [2.05, 4.69) is 32.9 Å². The topological polar surface area (TPSA) is 78.9 Å². The highest BCUT2D eigenvalue weighted by molar-refractivity contribution is 5.71. The molecule has 0 aromatic heterocycles. The van der Waals surface area contributed by atoms with E-state index in [1.807, 2.05) is 0 Å². The fourth-order valence-electron chi connectivity index (χ4n) is 9.38. The van der Waals surface area contributed by atoms with E-state index < -0.39 is 6.10 Å². The first-order chi connectivity index (χ1) is 33.5. The lowest BCUT2D eigenvalue weighted by molar-refractivity contribution is -0.167. The molecule has 0 saturated heterocycles. The first kappa shape index (κ1) is 66.2. The molecule has 0 amide bonds. The van der Waals surface area contributed by atoms with Gasteiger partial charge >= 0.3 is 17.9 Å². The van der Waals surface area contributed by atoms with E-state index in [0.717, 1.165) is 57.8 Å². The van der Waals surface area contributed by atoms with Gasteiger partial charge in [-0.1, -0.05) is 296 Å². The van der Waals surface area contributed by atoms with Crippen molar-refractivity contribution in [3.63, 3.8) is 0 Å². The molecule has 0 spiro atoms. The lowest BCUT2D eigenvalue weighted by atomic mass is 10.0. The van der Waals surface area contributed by atoms with Crippen LogP contribution in [0, 0.1) is 0 Å². The van der Waals surface area contributed by atoms with E-state index in [1.165, 1.54) is 250 Å². The van der Waals surface area contributed by atoms with E-state index in [9.17, 15) is 14.4 Å². The maximum Gasteiger partial charge on any atom is 0.306 e. The number of unbranched alkanes of at least 4 members (excludes halogenated alkanes) is 44. The van der Waals surface area contributed by atoms with Gasteiger partial charge in [0.2, 0.25) is 0 Å². The zero-order valence-electron chi connectivity index (χ0n) is 46.2. The monoisotopic (exact) mass is 959 g/mol. The molecule has 1 atom stereocenters. The maximum atomic E-state index is 12.9. The highest BCUT2D eigenvalue weighted by atomic mass is 16.6. The van der Waals surface area contributed by atoms with Crippen LogP contribution in [0.15, 0.2) is 12.2 Å². The average Bonchev–Trinajstić information content (AvgIpc) is 3.34. The van der Waals surface area contributed by atoms with Gasteiger partial charge in [0.1, 0.15) is 13.2 Å². The third-order valence-corrected chi connectivity index (χ3v) is 14.0. The molecule has 0 radical (unpaired) electrons. The van der Waals surface area contributed by atoms with Crippen molar-refractivity contribution in [2.24, 2.45) is 0 Å². The van der Waals surface area contributed by atoms with E-state index >= 15 is 0 Å². The standard InChI is InChI=1S/C62H118O6/c1-4-7-10-13-16-19-22-25-28-30-31-32-35-37-40-43-46-49-52-55-61(64)67-58-59(57-66-60(63)54-51-48-45-42-39-36-33-27-24-21-18-15-12-9-6-3)68-62(65)56-53-50-47-44-41-38-34-29-26-23-20-17-14-11-8-5-2/h30-31,59H,4-29,32-58H2,1-3H3/b31-30-. The predicted octanol–water partition coefficient (Wildman–Crippen LogP) is 20.5. The summed E-state index contributed by atoms with van der Waals surface area (Å²) in [6.07, 6.45) is 66.3. The van der Waals surface area contributed by atoms with Crippen LogP contribution in [-0.4, -0.2) is 37.2 Å². The molecular formula is C62H118O6. The van der Waals surface area contributed by atoms with Crippen molar-refractivity contribution in [2.75, 3.05) is 13.2 Å². The smallest absolute Gasteiger partial charge is 0.306 e. The zero-order valence-corrected chi connectivity index (χ0v) is 46.2. The summed E-state index contributed by atoms with van der Waals surface area (Å²) < 4.78 is 16.9. The van der Waals surface area contributed by atoms with E-state index in [-0.39, 0.29) is 31.1 Å². The molecule has 0 rings (SSSR count). The molecule has 0 aromatic rings. The number of carbonyl (C=O) groups excluding carboxylic acids is 3. The Balaban J connectivity index is 4.30. The second-order valence-electron chi connectivity index (χ2n) is 21.0.